The summed E-state index contributed by atoms with van der Waals surface area (Å²) in [6, 6.07) is 8.38. The van der Waals surface area contributed by atoms with Gasteiger partial charge >= 0.3 is 0 Å². The second-order valence-corrected chi connectivity index (χ2v) is 4.68. The van der Waals surface area contributed by atoms with Crippen molar-refractivity contribution in [3.05, 3.63) is 35.4 Å². The molecule has 0 aliphatic carbocycles. The largest absolute Gasteiger partial charge is 0.363 e. The zero-order chi connectivity index (χ0) is 11.6. The molecule has 1 aliphatic rings. The Morgan fingerprint density at radius 1 is 1.50 bits per heavy atom. The summed E-state index contributed by atoms with van der Waals surface area (Å²) in [4.78, 5) is 11.0. The van der Waals surface area contributed by atoms with E-state index in [4.69, 9.17) is 4.74 Å². The van der Waals surface area contributed by atoms with Crippen LogP contribution in [0.1, 0.15) is 18.1 Å². The van der Waals surface area contributed by atoms with Crippen molar-refractivity contribution in [3.8, 4) is 0 Å². The van der Waals surface area contributed by atoms with Gasteiger partial charge in [-0.15, -0.1) is 0 Å². The van der Waals surface area contributed by atoms with Gasteiger partial charge in [-0.1, -0.05) is 29.8 Å². The number of hydrogen-bond donors (Lipinski definition) is 1. The van der Waals surface area contributed by atoms with E-state index in [1.165, 1.54) is 11.1 Å². The maximum absolute atomic E-state index is 11.0. The Morgan fingerprint density at radius 3 is 2.94 bits per heavy atom. The van der Waals surface area contributed by atoms with E-state index in [2.05, 4.69) is 36.5 Å². The zero-order valence-corrected chi connectivity index (χ0v) is 9.75. The van der Waals surface area contributed by atoms with Crippen molar-refractivity contribution < 1.29 is 9.53 Å². The lowest BCUT2D eigenvalue weighted by atomic mass is 9.94. The molecule has 0 bridgehead atoms. The molecule has 1 aromatic carbocycles. The number of aryl methyl sites for hydroxylation is 1. The van der Waals surface area contributed by atoms with Crippen LogP contribution in [-0.2, 0) is 16.0 Å². The lowest BCUT2D eigenvalue weighted by Gasteiger charge is -2.34. The van der Waals surface area contributed by atoms with Crippen LogP contribution in [0.4, 0.5) is 0 Å². The summed E-state index contributed by atoms with van der Waals surface area (Å²) >= 11 is 0. The van der Waals surface area contributed by atoms with E-state index in [9.17, 15) is 4.79 Å². The number of ether oxygens (including phenoxy) is 1. The summed E-state index contributed by atoms with van der Waals surface area (Å²) < 4.78 is 5.61. The fourth-order valence-electron chi connectivity index (χ4n) is 1.99. The number of carbonyl (C=O) groups is 1. The maximum Gasteiger partial charge on any atom is 0.246 e. The number of morpholine rings is 1. The topological polar surface area (TPSA) is 38.3 Å². The first-order valence-corrected chi connectivity index (χ1v) is 5.54. The van der Waals surface area contributed by atoms with Gasteiger partial charge in [0.25, 0.3) is 0 Å². The van der Waals surface area contributed by atoms with Crippen LogP contribution in [0.5, 0.6) is 0 Å². The van der Waals surface area contributed by atoms with Crippen LogP contribution in [0, 0.1) is 6.92 Å². The van der Waals surface area contributed by atoms with E-state index in [-0.39, 0.29) is 18.1 Å². The van der Waals surface area contributed by atoms with E-state index in [0.29, 0.717) is 6.54 Å². The van der Waals surface area contributed by atoms with Crippen molar-refractivity contribution in [2.75, 3.05) is 13.2 Å². The zero-order valence-electron chi connectivity index (χ0n) is 9.75. The van der Waals surface area contributed by atoms with Crippen molar-refractivity contribution in [1.29, 1.82) is 0 Å². The molecule has 86 valence electrons. The minimum Gasteiger partial charge on any atom is -0.363 e. The Kier molecular flexibility index (Phi) is 2.97. The molecular weight excluding hydrogens is 202 g/mol. The molecule has 0 radical (unpaired) electrons. The van der Waals surface area contributed by atoms with Gasteiger partial charge in [0.15, 0.2) is 0 Å². The summed E-state index contributed by atoms with van der Waals surface area (Å²) in [5, 5.41) is 2.84. The molecular formula is C13H17NO2. The summed E-state index contributed by atoms with van der Waals surface area (Å²) in [5.41, 5.74) is 2.22. The number of amides is 1. The number of benzene rings is 1. The van der Waals surface area contributed by atoms with Gasteiger partial charge in [0.05, 0.1) is 5.60 Å². The average molecular weight is 219 g/mol. The average Bonchev–Trinajstić information content (AvgIpc) is 2.23. The Morgan fingerprint density at radius 2 is 2.31 bits per heavy atom. The maximum atomic E-state index is 11.0. The smallest absolute Gasteiger partial charge is 0.246 e. The van der Waals surface area contributed by atoms with E-state index in [1.54, 1.807) is 0 Å². The van der Waals surface area contributed by atoms with Crippen LogP contribution < -0.4 is 5.32 Å². The highest BCUT2D eigenvalue weighted by molar-refractivity contribution is 5.78. The van der Waals surface area contributed by atoms with Crippen molar-refractivity contribution in [3.63, 3.8) is 0 Å². The molecule has 16 heavy (non-hydrogen) atoms. The number of nitrogens with one attached hydrogen (secondary N) is 1. The van der Waals surface area contributed by atoms with Crippen LogP contribution in [0.25, 0.3) is 0 Å². The highest BCUT2D eigenvalue weighted by Gasteiger charge is 2.30. The third kappa shape index (κ3) is 2.61. The number of carbonyl (C=O) groups excluding carboxylic acids is 1. The summed E-state index contributed by atoms with van der Waals surface area (Å²) in [6.45, 7) is 4.87. The molecule has 1 aliphatic heterocycles. The Labute approximate surface area is 95.8 Å². The summed E-state index contributed by atoms with van der Waals surface area (Å²) in [6.07, 6.45) is 0.828. The molecule has 3 nitrogen and oxygen atoms in total. The first-order chi connectivity index (χ1) is 7.57. The highest BCUT2D eigenvalue weighted by atomic mass is 16.5. The van der Waals surface area contributed by atoms with Crippen molar-refractivity contribution in [2.24, 2.45) is 0 Å². The lowest BCUT2D eigenvalue weighted by Crippen LogP contribution is -2.51. The molecule has 1 fully saturated rings. The summed E-state index contributed by atoms with van der Waals surface area (Å²) in [7, 11) is 0. The Balaban J connectivity index is 2.06. The monoisotopic (exact) mass is 219 g/mol. The van der Waals surface area contributed by atoms with Gasteiger partial charge in [-0.2, -0.15) is 0 Å². The molecule has 1 aromatic rings. The molecule has 0 spiro atoms. The molecule has 1 unspecified atom stereocenters. The molecule has 1 atom stereocenters. The first kappa shape index (κ1) is 11.1. The quantitative estimate of drug-likeness (QED) is 0.817. The van der Waals surface area contributed by atoms with Gasteiger partial charge in [-0.3, -0.25) is 4.79 Å². The normalized spacial score (nSPS) is 25.2. The van der Waals surface area contributed by atoms with Crippen molar-refractivity contribution in [2.45, 2.75) is 25.9 Å². The second kappa shape index (κ2) is 4.26. The number of rotatable bonds is 2. The van der Waals surface area contributed by atoms with Crippen molar-refractivity contribution >= 4 is 5.91 Å². The van der Waals surface area contributed by atoms with Crippen LogP contribution in [0.2, 0.25) is 0 Å². The molecule has 1 heterocycles. The predicted molar refractivity (Wildman–Crippen MR) is 62.2 cm³/mol. The fraction of sp³-hybridized carbons (Fsp3) is 0.462. The van der Waals surface area contributed by atoms with Crippen LogP contribution >= 0.6 is 0 Å². The first-order valence-electron chi connectivity index (χ1n) is 5.54. The SMILES string of the molecule is Cc1cccc(CC2(C)CNC(=O)CO2)c1. The van der Waals surface area contributed by atoms with Gasteiger partial charge in [-0.25, -0.2) is 0 Å². The highest BCUT2D eigenvalue weighted by Crippen LogP contribution is 2.19. The van der Waals surface area contributed by atoms with Crippen molar-refractivity contribution in [1.82, 2.24) is 5.32 Å². The van der Waals surface area contributed by atoms with Gasteiger partial charge < -0.3 is 10.1 Å². The van der Waals surface area contributed by atoms with E-state index >= 15 is 0 Å². The second-order valence-electron chi connectivity index (χ2n) is 4.68. The third-order valence-corrected chi connectivity index (χ3v) is 2.87. The van der Waals surface area contributed by atoms with Gasteiger partial charge in [0.1, 0.15) is 6.61 Å². The van der Waals surface area contributed by atoms with Crippen LogP contribution in [-0.4, -0.2) is 24.7 Å². The molecule has 3 heteroatoms. The molecule has 0 aromatic heterocycles. The predicted octanol–water partition coefficient (Wildman–Crippen LogP) is 1.44. The summed E-state index contributed by atoms with van der Waals surface area (Å²) in [5.74, 6) is -0.0262. The van der Waals surface area contributed by atoms with Crippen LogP contribution in [0.15, 0.2) is 24.3 Å². The minimum absolute atomic E-state index is 0.0262. The molecule has 0 saturated carbocycles. The molecule has 1 amide bonds. The Hall–Kier alpha value is -1.35. The van der Waals surface area contributed by atoms with E-state index in [0.717, 1.165) is 6.42 Å². The molecule has 1 N–H and O–H groups in total. The fourth-order valence-corrected chi connectivity index (χ4v) is 1.99. The van der Waals surface area contributed by atoms with Gasteiger partial charge in [-0.05, 0) is 19.4 Å². The van der Waals surface area contributed by atoms with Crippen LogP contribution in [0.3, 0.4) is 0 Å². The van der Waals surface area contributed by atoms with E-state index in [1.807, 2.05) is 6.92 Å². The van der Waals surface area contributed by atoms with Gasteiger partial charge in [0, 0.05) is 13.0 Å². The van der Waals surface area contributed by atoms with E-state index < -0.39 is 0 Å². The lowest BCUT2D eigenvalue weighted by molar-refractivity contribution is -0.141. The minimum atomic E-state index is -0.276. The standard InChI is InChI=1S/C13H17NO2/c1-10-4-3-5-11(6-10)7-13(2)9-14-12(15)8-16-13/h3-6H,7-9H2,1-2H3,(H,14,15). The number of hydrogen-bond acceptors (Lipinski definition) is 2. The molecule has 2 rings (SSSR count). The van der Waals surface area contributed by atoms with Gasteiger partial charge in [0.2, 0.25) is 5.91 Å². The Bertz CT molecular complexity index is 391. The molecule has 1 saturated heterocycles. The third-order valence-electron chi connectivity index (χ3n) is 2.87.